The Bertz CT molecular complexity index is 1140. The molecule has 0 saturated carbocycles. The number of hydrogen-bond acceptors (Lipinski definition) is 1. The second kappa shape index (κ2) is 8.34. The molecular formula is C29H33N2+. The van der Waals surface area contributed by atoms with Crippen molar-refractivity contribution in [3.8, 4) is 11.3 Å². The highest BCUT2D eigenvalue weighted by atomic mass is 15.0. The van der Waals surface area contributed by atoms with Gasteiger partial charge in [0, 0.05) is 36.7 Å². The third kappa shape index (κ3) is 3.69. The van der Waals surface area contributed by atoms with Gasteiger partial charge in [-0.1, -0.05) is 57.2 Å². The third-order valence-electron chi connectivity index (χ3n) is 6.93. The van der Waals surface area contributed by atoms with Crippen LogP contribution < -0.4 is 9.88 Å². The molecule has 0 aliphatic carbocycles. The fourth-order valence-corrected chi connectivity index (χ4v) is 5.43. The van der Waals surface area contributed by atoms with Crippen LogP contribution in [0.2, 0.25) is 0 Å². The monoisotopic (exact) mass is 409 g/mol. The number of nitrogens with zero attached hydrogens (tertiary/aromatic N) is 1. The van der Waals surface area contributed by atoms with Crippen LogP contribution in [0.5, 0.6) is 0 Å². The lowest BCUT2D eigenvalue weighted by atomic mass is 9.79. The quantitative estimate of drug-likeness (QED) is 0.454. The van der Waals surface area contributed by atoms with Crippen LogP contribution in [0.3, 0.4) is 0 Å². The first-order chi connectivity index (χ1) is 15.1. The van der Waals surface area contributed by atoms with Gasteiger partial charge < -0.3 is 5.32 Å². The summed E-state index contributed by atoms with van der Waals surface area (Å²) in [6, 6.07) is 17.9. The summed E-state index contributed by atoms with van der Waals surface area (Å²) in [7, 11) is 0. The lowest BCUT2D eigenvalue weighted by Gasteiger charge is -2.26. The molecule has 1 aromatic heterocycles. The molecule has 0 amide bonds. The van der Waals surface area contributed by atoms with Crippen molar-refractivity contribution in [2.75, 3.05) is 11.9 Å². The Hall–Kier alpha value is -2.87. The molecule has 1 atom stereocenters. The van der Waals surface area contributed by atoms with Gasteiger partial charge >= 0.3 is 0 Å². The molecule has 0 radical (unpaired) electrons. The third-order valence-corrected chi connectivity index (χ3v) is 6.93. The molecule has 31 heavy (non-hydrogen) atoms. The van der Waals surface area contributed by atoms with Crippen LogP contribution in [0.4, 0.5) is 5.69 Å². The predicted octanol–water partition coefficient (Wildman–Crippen LogP) is 6.50. The molecule has 0 fully saturated rings. The van der Waals surface area contributed by atoms with Crippen molar-refractivity contribution in [1.29, 1.82) is 0 Å². The Kier molecular flexibility index (Phi) is 5.40. The summed E-state index contributed by atoms with van der Waals surface area (Å²) in [6.45, 7) is 9.14. The number of aromatic nitrogens is 1. The lowest BCUT2D eigenvalue weighted by molar-refractivity contribution is -0.686. The second-order valence-electron chi connectivity index (χ2n) is 9.34. The molecule has 0 spiro atoms. The number of nitrogens with one attached hydrogen (secondary N) is 1. The van der Waals surface area contributed by atoms with Crippen molar-refractivity contribution in [3.05, 3.63) is 88.6 Å². The summed E-state index contributed by atoms with van der Waals surface area (Å²) >= 11 is 0. The summed E-state index contributed by atoms with van der Waals surface area (Å²) in [5.74, 6) is 0.886. The number of rotatable bonds is 1. The minimum absolute atomic E-state index is 0.361. The zero-order valence-electron chi connectivity index (χ0n) is 19.0. The molecule has 2 aliphatic heterocycles. The number of pyridine rings is 1. The maximum Gasteiger partial charge on any atom is 0.213 e. The molecule has 1 unspecified atom stereocenters. The molecule has 2 nitrogen and oxygen atoms in total. The molecule has 2 aromatic carbocycles. The van der Waals surface area contributed by atoms with Crippen LogP contribution in [0.1, 0.15) is 66.8 Å². The molecule has 3 heterocycles. The Balaban J connectivity index is 1.78. The zero-order valence-corrected chi connectivity index (χ0v) is 19.0. The van der Waals surface area contributed by atoms with E-state index >= 15 is 0 Å². The smallest absolute Gasteiger partial charge is 0.213 e. The fraction of sp³-hybridized carbons (Fsp3) is 0.345. The van der Waals surface area contributed by atoms with E-state index in [-0.39, 0.29) is 0 Å². The Morgan fingerprint density at radius 1 is 1.03 bits per heavy atom. The molecule has 0 bridgehead atoms. The summed E-state index contributed by atoms with van der Waals surface area (Å²) in [4.78, 5) is 0. The van der Waals surface area contributed by atoms with Gasteiger partial charge in [-0.3, -0.25) is 0 Å². The minimum atomic E-state index is 0.361. The van der Waals surface area contributed by atoms with Gasteiger partial charge in [0.15, 0.2) is 6.20 Å². The van der Waals surface area contributed by atoms with Gasteiger partial charge in [-0.25, -0.2) is 0 Å². The van der Waals surface area contributed by atoms with E-state index in [0.717, 1.165) is 25.9 Å². The molecular weight excluding hydrogens is 376 g/mol. The lowest BCUT2D eigenvalue weighted by Crippen LogP contribution is -2.35. The minimum Gasteiger partial charge on any atom is -0.384 e. The van der Waals surface area contributed by atoms with Gasteiger partial charge in [0.1, 0.15) is 6.54 Å². The molecule has 5 rings (SSSR count). The Morgan fingerprint density at radius 3 is 2.74 bits per heavy atom. The molecule has 158 valence electrons. The number of fused-ring (bicyclic) bond motifs is 6. The van der Waals surface area contributed by atoms with E-state index in [1.807, 2.05) is 0 Å². The number of benzene rings is 2. The van der Waals surface area contributed by atoms with Crippen molar-refractivity contribution in [2.45, 2.75) is 58.4 Å². The standard InChI is InChI=1S/C29H33N2/c1-20(2)25-19-23-10-8-18-31-17-7-6-12-27(31)29(23)28-21(3)13-14-22-9-4-5-11-26(22)30-16-15-24(25)28/h4-7,9,11-14,17,19-21,30H,8,10,15-16,18H2,1-3H3/q+1/b14-13-. The maximum atomic E-state index is 3.71. The molecule has 2 heteroatoms. The van der Waals surface area contributed by atoms with Crippen LogP contribution in [-0.4, -0.2) is 6.54 Å². The zero-order chi connectivity index (χ0) is 21.4. The maximum absolute atomic E-state index is 3.71. The number of hydrogen-bond donors (Lipinski definition) is 1. The highest BCUT2D eigenvalue weighted by Crippen LogP contribution is 2.41. The number of aryl methyl sites for hydroxylation is 2. The van der Waals surface area contributed by atoms with E-state index in [9.17, 15) is 0 Å². The summed E-state index contributed by atoms with van der Waals surface area (Å²) in [6.07, 6.45) is 10.4. The van der Waals surface area contributed by atoms with Crippen molar-refractivity contribution in [1.82, 2.24) is 0 Å². The normalized spacial score (nSPS) is 18.6. The fourth-order valence-electron chi connectivity index (χ4n) is 5.43. The first-order valence-electron chi connectivity index (χ1n) is 11.8. The first kappa shape index (κ1) is 20.1. The van der Waals surface area contributed by atoms with Crippen LogP contribution in [-0.2, 0) is 19.4 Å². The van der Waals surface area contributed by atoms with E-state index in [4.69, 9.17) is 0 Å². The van der Waals surface area contributed by atoms with Crippen LogP contribution >= 0.6 is 0 Å². The Labute approximate surface area is 186 Å². The van der Waals surface area contributed by atoms with E-state index in [1.54, 1.807) is 11.1 Å². The van der Waals surface area contributed by atoms with Gasteiger partial charge in [-0.2, -0.15) is 4.57 Å². The predicted molar refractivity (Wildman–Crippen MR) is 131 cm³/mol. The summed E-state index contributed by atoms with van der Waals surface area (Å²) < 4.78 is 2.46. The average molecular weight is 410 g/mol. The van der Waals surface area contributed by atoms with Crippen LogP contribution in [0.25, 0.3) is 17.3 Å². The van der Waals surface area contributed by atoms with Crippen molar-refractivity contribution < 1.29 is 4.57 Å². The molecule has 0 saturated heterocycles. The molecule has 3 aromatic rings. The summed E-state index contributed by atoms with van der Waals surface area (Å²) in [5.41, 5.74) is 11.5. The van der Waals surface area contributed by atoms with Gasteiger partial charge in [-0.15, -0.1) is 0 Å². The summed E-state index contributed by atoms with van der Waals surface area (Å²) in [5, 5.41) is 3.71. The average Bonchev–Trinajstić information content (AvgIpc) is 2.96. The van der Waals surface area contributed by atoms with Crippen molar-refractivity contribution in [2.24, 2.45) is 0 Å². The first-order valence-corrected chi connectivity index (χ1v) is 11.8. The highest BCUT2D eigenvalue weighted by molar-refractivity contribution is 5.73. The van der Waals surface area contributed by atoms with E-state index in [0.29, 0.717) is 11.8 Å². The second-order valence-corrected chi connectivity index (χ2v) is 9.34. The van der Waals surface area contributed by atoms with E-state index in [1.165, 1.54) is 40.1 Å². The van der Waals surface area contributed by atoms with Crippen molar-refractivity contribution >= 4 is 11.8 Å². The Morgan fingerprint density at radius 2 is 1.87 bits per heavy atom. The van der Waals surface area contributed by atoms with Gasteiger partial charge in [-0.05, 0) is 58.7 Å². The highest BCUT2D eigenvalue weighted by Gasteiger charge is 2.29. The van der Waals surface area contributed by atoms with Crippen LogP contribution in [0, 0.1) is 0 Å². The number of anilines is 1. The largest absolute Gasteiger partial charge is 0.384 e. The number of para-hydroxylation sites is 1. The van der Waals surface area contributed by atoms with E-state index < -0.39 is 0 Å². The van der Waals surface area contributed by atoms with E-state index in [2.05, 4.69) is 97.5 Å². The topological polar surface area (TPSA) is 15.9 Å². The molecule has 2 aliphatic rings. The van der Waals surface area contributed by atoms with Gasteiger partial charge in [0.25, 0.3) is 0 Å². The molecule has 1 N–H and O–H groups in total. The van der Waals surface area contributed by atoms with Gasteiger partial charge in [0.2, 0.25) is 5.69 Å². The van der Waals surface area contributed by atoms with Gasteiger partial charge in [0.05, 0.1) is 5.56 Å². The SMILES string of the molecule is CC(C)c1cc2c(c3c1CCNc1ccccc1/C=C\C3C)-c1cccc[n+]1CCC2. The van der Waals surface area contributed by atoms with Crippen molar-refractivity contribution in [3.63, 3.8) is 0 Å². The van der Waals surface area contributed by atoms with Crippen LogP contribution in [0.15, 0.2) is 60.8 Å². The number of allylic oxidation sites excluding steroid dienone is 1.